The van der Waals surface area contributed by atoms with Crippen molar-refractivity contribution in [3.63, 3.8) is 0 Å². The van der Waals surface area contributed by atoms with Gasteiger partial charge in [0.25, 0.3) is 0 Å². The van der Waals surface area contributed by atoms with Crippen molar-refractivity contribution in [1.82, 2.24) is 10.4 Å². The van der Waals surface area contributed by atoms with Gasteiger partial charge >= 0.3 is 0 Å². The minimum Gasteiger partial charge on any atom is -0.351 e. The average Bonchev–Trinajstić information content (AvgIpc) is 2.59. The van der Waals surface area contributed by atoms with Gasteiger partial charge < -0.3 is 5.32 Å². The fourth-order valence-corrected chi connectivity index (χ4v) is 2.83. The minimum absolute atomic E-state index is 0.102. The second-order valence-corrected chi connectivity index (χ2v) is 5.95. The Balaban J connectivity index is 2.04. The van der Waals surface area contributed by atoms with Crippen molar-refractivity contribution in [2.75, 3.05) is 6.54 Å². The van der Waals surface area contributed by atoms with E-state index in [0.717, 1.165) is 35.6 Å². The summed E-state index contributed by atoms with van der Waals surface area (Å²) in [7, 11) is 0. The third-order valence-corrected chi connectivity index (χ3v) is 4.03. The summed E-state index contributed by atoms with van der Waals surface area (Å²) in [5.74, 6) is -0.105. The number of hydroxylamine groups is 2. The predicted octanol–water partition coefficient (Wildman–Crippen LogP) is 2.90. The molecule has 0 aliphatic carbocycles. The van der Waals surface area contributed by atoms with Crippen LogP contribution in [0.2, 0.25) is 0 Å². The molecule has 0 radical (unpaired) electrons. The van der Waals surface area contributed by atoms with Gasteiger partial charge in [-0.2, -0.15) is 0 Å². The number of nitrogens with zero attached hydrogens (tertiary/aromatic N) is 1. The number of nitrogens with one attached hydrogen (secondary N) is 1. The summed E-state index contributed by atoms with van der Waals surface area (Å²) in [5, 5.41) is 15.1. The molecule has 2 rings (SSSR count). The molecule has 128 valence electrons. The molecule has 1 unspecified atom stereocenters. The van der Waals surface area contributed by atoms with Crippen LogP contribution in [0.1, 0.15) is 31.7 Å². The molecule has 0 spiro atoms. The Morgan fingerprint density at radius 2 is 2.00 bits per heavy atom. The van der Waals surface area contributed by atoms with E-state index < -0.39 is 0 Å². The van der Waals surface area contributed by atoms with Gasteiger partial charge in [-0.3, -0.25) is 14.8 Å². The molecule has 5 heteroatoms. The summed E-state index contributed by atoms with van der Waals surface area (Å²) in [5.41, 5.74) is 0.969. The SMILES string of the molecule is CCCCC(CN(O)C=O)NC(=O)Cc1cccc2ccccc12. The van der Waals surface area contributed by atoms with Crippen LogP contribution in [0.25, 0.3) is 10.8 Å². The van der Waals surface area contributed by atoms with Crippen LogP contribution in [0.3, 0.4) is 0 Å². The van der Waals surface area contributed by atoms with Gasteiger partial charge in [0.1, 0.15) is 0 Å². The van der Waals surface area contributed by atoms with Crippen molar-refractivity contribution in [3.05, 3.63) is 48.0 Å². The summed E-state index contributed by atoms with van der Waals surface area (Å²) < 4.78 is 0. The molecule has 2 aromatic rings. The lowest BCUT2D eigenvalue weighted by atomic mass is 10.0. The second kappa shape index (κ2) is 9.03. The first-order valence-corrected chi connectivity index (χ1v) is 8.31. The van der Waals surface area contributed by atoms with Crippen LogP contribution >= 0.6 is 0 Å². The quantitative estimate of drug-likeness (QED) is 0.422. The number of carbonyl (C=O) groups excluding carboxylic acids is 2. The topological polar surface area (TPSA) is 69.6 Å². The Hall–Kier alpha value is -2.40. The van der Waals surface area contributed by atoms with E-state index in [-0.39, 0.29) is 24.9 Å². The number of amides is 2. The average molecular weight is 328 g/mol. The smallest absolute Gasteiger partial charge is 0.233 e. The Kier molecular flexibility index (Phi) is 6.75. The van der Waals surface area contributed by atoms with Gasteiger partial charge in [0.05, 0.1) is 13.0 Å². The normalized spacial score (nSPS) is 11.9. The highest BCUT2D eigenvalue weighted by molar-refractivity contribution is 5.90. The van der Waals surface area contributed by atoms with E-state index >= 15 is 0 Å². The molecule has 2 aromatic carbocycles. The van der Waals surface area contributed by atoms with Gasteiger partial charge in [-0.05, 0) is 22.8 Å². The summed E-state index contributed by atoms with van der Waals surface area (Å²) in [6, 6.07) is 13.6. The molecule has 1 atom stereocenters. The van der Waals surface area contributed by atoms with Crippen molar-refractivity contribution in [2.24, 2.45) is 0 Å². The van der Waals surface area contributed by atoms with Gasteiger partial charge in [-0.15, -0.1) is 0 Å². The maximum Gasteiger partial charge on any atom is 0.233 e. The summed E-state index contributed by atoms with van der Waals surface area (Å²) in [6.45, 7) is 2.16. The molecular formula is C19H24N2O3. The third kappa shape index (κ3) is 5.06. The van der Waals surface area contributed by atoms with E-state index in [0.29, 0.717) is 11.5 Å². The number of hydrogen-bond donors (Lipinski definition) is 2. The zero-order valence-corrected chi connectivity index (χ0v) is 13.9. The lowest BCUT2D eigenvalue weighted by molar-refractivity contribution is -0.151. The monoisotopic (exact) mass is 328 g/mol. The molecular weight excluding hydrogens is 304 g/mol. The number of fused-ring (bicyclic) bond motifs is 1. The number of carbonyl (C=O) groups is 2. The number of unbranched alkanes of at least 4 members (excludes halogenated alkanes) is 1. The van der Waals surface area contributed by atoms with E-state index in [1.165, 1.54) is 0 Å². The number of hydrogen-bond acceptors (Lipinski definition) is 3. The molecule has 0 aromatic heterocycles. The van der Waals surface area contributed by atoms with E-state index in [1.807, 2.05) is 42.5 Å². The van der Waals surface area contributed by atoms with Crippen LogP contribution in [0.5, 0.6) is 0 Å². The van der Waals surface area contributed by atoms with Crippen LogP contribution in [0, 0.1) is 0 Å². The molecule has 2 amide bonds. The van der Waals surface area contributed by atoms with E-state index in [4.69, 9.17) is 0 Å². The zero-order chi connectivity index (χ0) is 17.4. The summed E-state index contributed by atoms with van der Waals surface area (Å²) in [6.07, 6.45) is 3.27. The van der Waals surface area contributed by atoms with Crippen LogP contribution in [0.15, 0.2) is 42.5 Å². The van der Waals surface area contributed by atoms with Gasteiger partial charge in [0, 0.05) is 6.04 Å². The summed E-state index contributed by atoms with van der Waals surface area (Å²) >= 11 is 0. The van der Waals surface area contributed by atoms with Crippen LogP contribution in [-0.4, -0.2) is 35.2 Å². The van der Waals surface area contributed by atoms with Crippen LogP contribution in [0.4, 0.5) is 0 Å². The van der Waals surface area contributed by atoms with Gasteiger partial charge in [-0.25, -0.2) is 5.06 Å². The van der Waals surface area contributed by atoms with Crippen molar-refractivity contribution in [2.45, 2.75) is 38.6 Å². The molecule has 0 aliphatic heterocycles. The first-order chi connectivity index (χ1) is 11.6. The predicted molar refractivity (Wildman–Crippen MR) is 93.7 cm³/mol. The Bertz CT molecular complexity index is 682. The van der Waals surface area contributed by atoms with E-state index in [1.54, 1.807) is 0 Å². The number of rotatable bonds is 9. The zero-order valence-electron chi connectivity index (χ0n) is 13.9. The highest BCUT2D eigenvalue weighted by Crippen LogP contribution is 2.19. The molecule has 0 saturated carbocycles. The highest BCUT2D eigenvalue weighted by Gasteiger charge is 2.15. The molecule has 0 fully saturated rings. The minimum atomic E-state index is -0.248. The highest BCUT2D eigenvalue weighted by atomic mass is 16.5. The number of benzene rings is 2. The molecule has 5 nitrogen and oxygen atoms in total. The first-order valence-electron chi connectivity index (χ1n) is 8.31. The largest absolute Gasteiger partial charge is 0.351 e. The van der Waals surface area contributed by atoms with Crippen molar-refractivity contribution < 1.29 is 14.8 Å². The van der Waals surface area contributed by atoms with E-state index in [9.17, 15) is 14.8 Å². The lowest BCUT2D eigenvalue weighted by Crippen LogP contribution is -2.43. The Labute approximate surface area is 142 Å². The van der Waals surface area contributed by atoms with Crippen molar-refractivity contribution >= 4 is 23.1 Å². The van der Waals surface area contributed by atoms with Gasteiger partial charge in [0.15, 0.2) is 0 Å². The van der Waals surface area contributed by atoms with Crippen LogP contribution in [-0.2, 0) is 16.0 Å². The standard InChI is InChI=1S/C19H24N2O3/c1-2-3-10-17(13-21(24)14-22)20-19(23)12-16-9-6-8-15-7-4-5-11-18(15)16/h4-9,11,14,17,24H,2-3,10,12-13H2,1H3,(H,20,23). The van der Waals surface area contributed by atoms with E-state index in [2.05, 4.69) is 12.2 Å². The molecule has 0 bridgehead atoms. The Morgan fingerprint density at radius 3 is 2.75 bits per heavy atom. The maximum absolute atomic E-state index is 12.4. The molecule has 2 N–H and O–H groups in total. The van der Waals surface area contributed by atoms with Crippen LogP contribution < -0.4 is 5.32 Å². The Morgan fingerprint density at radius 1 is 1.25 bits per heavy atom. The fourth-order valence-electron chi connectivity index (χ4n) is 2.83. The third-order valence-electron chi connectivity index (χ3n) is 4.03. The molecule has 0 aliphatic rings. The van der Waals surface area contributed by atoms with Gasteiger partial charge in [0.2, 0.25) is 12.3 Å². The summed E-state index contributed by atoms with van der Waals surface area (Å²) in [4.78, 5) is 23.0. The fraction of sp³-hybridized carbons (Fsp3) is 0.368. The molecule has 24 heavy (non-hydrogen) atoms. The molecule has 0 saturated heterocycles. The second-order valence-electron chi connectivity index (χ2n) is 5.95. The van der Waals surface area contributed by atoms with Crippen molar-refractivity contribution in [3.8, 4) is 0 Å². The maximum atomic E-state index is 12.4. The van der Waals surface area contributed by atoms with Gasteiger partial charge in [-0.1, -0.05) is 62.2 Å². The molecule has 0 heterocycles. The first kappa shape index (κ1) is 17.9. The van der Waals surface area contributed by atoms with Crippen molar-refractivity contribution in [1.29, 1.82) is 0 Å². The lowest BCUT2D eigenvalue weighted by Gasteiger charge is -2.21.